The second-order valence-corrected chi connectivity index (χ2v) is 3.16. The van der Waals surface area contributed by atoms with E-state index in [0.29, 0.717) is 6.42 Å². The van der Waals surface area contributed by atoms with Crippen LogP contribution in [0.1, 0.15) is 20.3 Å². The maximum Gasteiger partial charge on any atom is 0.401 e. The van der Waals surface area contributed by atoms with Gasteiger partial charge in [0.15, 0.2) is 0 Å². The van der Waals surface area contributed by atoms with Gasteiger partial charge in [-0.25, -0.2) is 0 Å². The van der Waals surface area contributed by atoms with E-state index in [4.69, 9.17) is 5.73 Å². The number of rotatable bonds is 5. The van der Waals surface area contributed by atoms with Gasteiger partial charge in [0.2, 0.25) is 5.91 Å². The molecule has 1 amide bonds. The second kappa shape index (κ2) is 5.19. The standard InChI is InChI=1S/C8H15F3N2O/c1-3-4-13(5-8(9,10)11)6(2)7(12)14/h6H,3-5H2,1-2H3,(H2,12,14). The summed E-state index contributed by atoms with van der Waals surface area (Å²) < 4.78 is 36.2. The van der Waals surface area contributed by atoms with E-state index in [-0.39, 0.29) is 6.54 Å². The van der Waals surface area contributed by atoms with Crippen molar-refractivity contribution in [3.8, 4) is 0 Å². The molecule has 0 aliphatic rings. The largest absolute Gasteiger partial charge is 0.401 e. The Balaban J connectivity index is 4.36. The van der Waals surface area contributed by atoms with Crippen molar-refractivity contribution in [3.63, 3.8) is 0 Å². The molecule has 0 heterocycles. The second-order valence-electron chi connectivity index (χ2n) is 3.16. The first kappa shape index (κ1) is 13.2. The third kappa shape index (κ3) is 5.06. The minimum atomic E-state index is -4.29. The van der Waals surface area contributed by atoms with Gasteiger partial charge in [-0.2, -0.15) is 13.2 Å². The third-order valence-corrected chi connectivity index (χ3v) is 1.85. The van der Waals surface area contributed by atoms with Crippen molar-refractivity contribution in [2.45, 2.75) is 32.5 Å². The summed E-state index contributed by atoms with van der Waals surface area (Å²) in [7, 11) is 0. The molecular weight excluding hydrogens is 197 g/mol. The van der Waals surface area contributed by atoms with Crippen molar-refractivity contribution in [2.24, 2.45) is 5.73 Å². The molecule has 0 aliphatic heterocycles. The first-order valence-corrected chi connectivity index (χ1v) is 4.38. The summed E-state index contributed by atoms with van der Waals surface area (Å²) in [5.74, 6) is -0.734. The van der Waals surface area contributed by atoms with E-state index in [9.17, 15) is 18.0 Å². The molecule has 1 atom stereocenters. The predicted octanol–water partition coefficient (Wildman–Crippen LogP) is 1.13. The monoisotopic (exact) mass is 212 g/mol. The number of primary amides is 1. The summed E-state index contributed by atoms with van der Waals surface area (Å²) in [6, 6.07) is -0.878. The van der Waals surface area contributed by atoms with Crippen LogP contribution in [0, 0.1) is 0 Å². The Kier molecular flexibility index (Phi) is 4.90. The molecule has 14 heavy (non-hydrogen) atoms. The van der Waals surface area contributed by atoms with Crippen LogP contribution in [0.15, 0.2) is 0 Å². The highest BCUT2D eigenvalue weighted by Gasteiger charge is 2.33. The lowest BCUT2D eigenvalue weighted by Crippen LogP contribution is -2.47. The molecular formula is C8H15F3N2O. The van der Waals surface area contributed by atoms with Gasteiger partial charge >= 0.3 is 6.18 Å². The van der Waals surface area contributed by atoms with Crippen LogP contribution in [-0.4, -0.2) is 36.1 Å². The molecule has 1 unspecified atom stereocenters. The van der Waals surface area contributed by atoms with Crippen LogP contribution in [0.25, 0.3) is 0 Å². The lowest BCUT2D eigenvalue weighted by molar-refractivity contribution is -0.153. The van der Waals surface area contributed by atoms with Gasteiger partial charge in [0, 0.05) is 0 Å². The van der Waals surface area contributed by atoms with Crippen LogP contribution in [0.4, 0.5) is 13.2 Å². The van der Waals surface area contributed by atoms with E-state index in [2.05, 4.69) is 0 Å². The lowest BCUT2D eigenvalue weighted by Gasteiger charge is -2.27. The first-order valence-electron chi connectivity index (χ1n) is 4.38. The molecule has 6 heteroatoms. The maximum atomic E-state index is 12.1. The fourth-order valence-electron chi connectivity index (χ4n) is 1.11. The number of carbonyl (C=O) groups is 1. The zero-order valence-corrected chi connectivity index (χ0v) is 8.27. The number of amides is 1. The molecule has 0 rings (SSSR count). The zero-order chi connectivity index (χ0) is 11.4. The average Bonchev–Trinajstić information content (AvgIpc) is 1.99. The normalized spacial score (nSPS) is 14.4. The number of alkyl halides is 3. The molecule has 84 valence electrons. The van der Waals surface area contributed by atoms with E-state index >= 15 is 0 Å². The molecule has 0 saturated heterocycles. The van der Waals surface area contributed by atoms with Crippen LogP contribution in [0.2, 0.25) is 0 Å². The molecule has 3 nitrogen and oxygen atoms in total. The van der Waals surface area contributed by atoms with E-state index in [1.165, 1.54) is 6.92 Å². The number of hydrogen-bond acceptors (Lipinski definition) is 2. The van der Waals surface area contributed by atoms with Crippen LogP contribution < -0.4 is 5.73 Å². The summed E-state index contributed by atoms with van der Waals surface area (Å²) in [4.78, 5) is 11.7. The quantitative estimate of drug-likeness (QED) is 0.742. The number of carbonyl (C=O) groups excluding carboxylic acids is 1. The molecule has 2 N–H and O–H groups in total. The molecule has 0 spiro atoms. The van der Waals surface area contributed by atoms with Crippen LogP contribution in [-0.2, 0) is 4.79 Å². The van der Waals surface area contributed by atoms with Crippen molar-refractivity contribution in [1.29, 1.82) is 0 Å². The Morgan fingerprint density at radius 3 is 2.29 bits per heavy atom. The fourth-order valence-corrected chi connectivity index (χ4v) is 1.11. The Bertz CT molecular complexity index is 194. The molecule has 0 bridgehead atoms. The topological polar surface area (TPSA) is 46.3 Å². The molecule has 0 aromatic heterocycles. The van der Waals surface area contributed by atoms with E-state index < -0.39 is 24.7 Å². The van der Waals surface area contributed by atoms with Crippen molar-refractivity contribution >= 4 is 5.91 Å². The van der Waals surface area contributed by atoms with Crippen molar-refractivity contribution in [1.82, 2.24) is 4.90 Å². The highest BCUT2D eigenvalue weighted by molar-refractivity contribution is 5.79. The lowest BCUT2D eigenvalue weighted by atomic mass is 10.2. The summed E-state index contributed by atoms with van der Waals surface area (Å²) in [6.45, 7) is 2.25. The van der Waals surface area contributed by atoms with Gasteiger partial charge in [-0.05, 0) is 19.9 Å². The molecule has 0 fully saturated rings. The SMILES string of the molecule is CCCN(CC(F)(F)F)C(C)C(N)=O. The van der Waals surface area contributed by atoms with Gasteiger partial charge < -0.3 is 5.73 Å². The van der Waals surface area contributed by atoms with Crippen LogP contribution >= 0.6 is 0 Å². The number of nitrogens with two attached hydrogens (primary N) is 1. The van der Waals surface area contributed by atoms with E-state index in [1.54, 1.807) is 6.92 Å². The smallest absolute Gasteiger partial charge is 0.368 e. The summed E-state index contributed by atoms with van der Waals surface area (Å²) in [6.07, 6.45) is -3.74. The number of halogens is 3. The van der Waals surface area contributed by atoms with Gasteiger partial charge in [0.05, 0.1) is 12.6 Å². The summed E-state index contributed by atoms with van der Waals surface area (Å²) in [5.41, 5.74) is 4.94. The highest BCUT2D eigenvalue weighted by atomic mass is 19.4. The van der Waals surface area contributed by atoms with Crippen molar-refractivity contribution in [3.05, 3.63) is 0 Å². The average molecular weight is 212 g/mol. The highest BCUT2D eigenvalue weighted by Crippen LogP contribution is 2.18. The van der Waals surface area contributed by atoms with E-state index in [1.807, 2.05) is 0 Å². The summed E-state index contributed by atoms with van der Waals surface area (Å²) in [5, 5.41) is 0. The Morgan fingerprint density at radius 1 is 1.50 bits per heavy atom. The van der Waals surface area contributed by atoms with E-state index in [0.717, 1.165) is 4.90 Å². The molecule has 0 saturated carbocycles. The van der Waals surface area contributed by atoms with Crippen molar-refractivity contribution in [2.75, 3.05) is 13.1 Å². The molecule has 0 radical (unpaired) electrons. The molecule has 0 aliphatic carbocycles. The minimum absolute atomic E-state index is 0.212. The Morgan fingerprint density at radius 2 is 2.00 bits per heavy atom. The van der Waals surface area contributed by atoms with Crippen molar-refractivity contribution < 1.29 is 18.0 Å². The minimum Gasteiger partial charge on any atom is -0.368 e. The Labute approximate surface area is 81.1 Å². The van der Waals surface area contributed by atoms with Crippen LogP contribution in [0.5, 0.6) is 0 Å². The summed E-state index contributed by atoms with van der Waals surface area (Å²) >= 11 is 0. The van der Waals surface area contributed by atoms with Gasteiger partial charge in [0.1, 0.15) is 0 Å². The fraction of sp³-hybridized carbons (Fsp3) is 0.875. The zero-order valence-electron chi connectivity index (χ0n) is 8.27. The molecule has 0 aromatic carbocycles. The Hall–Kier alpha value is -0.780. The van der Waals surface area contributed by atoms with Gasteiger partial charge in [-0.15, -0.1) is 0 Å². The first-order chi connectivity index (χ1) is 6.28. The predicted molar refractivity (Wildman–Crippen MR) is 46.6 cm³/mol. The van der Waals surface area contributed by atoms with Gasteiger partial charge in [-0.3, -0.25) is 9.69 Å². The van der Waals surface area contributed by atoms with Gasteiger partial charge in [-0.1, -0.05) is 6.92 Å². The maximum absolute atomic E-state index is 12.1. The van der Waals surface area contributed by atoms with Gasteiger partial charge in [0.25, 0.3) is 0 Å². The number of hydrogen-bond donors (Lipinski definition) is 1. The number of nitrogens with zero attached hydrogens (tertiary/aromatic N) is 1. The third-order valence-electron chi connectivity index (χ3n) is 1.85. The van der Waals surface area contributed by atoms with Crippen LogP contribution in [0.3, 0.4) is 0 Å². The molecule has 0 aromatic rings.